The Morgan fingerprint density at radius 3 is 3.13 bits per heavy atom. The molecule has 5 heteroatoms. The highest BCUT2D eigenvalue weighted by atomic mass is 32.1. The Balaban J connectivity index is 2.03. The van der Waals surface area contributed by atoms with E-state index in [-0.39, 0.29) is 6.61 Å². The number of aromatic nitrogens is 2. The lowest BCUT2D eigenvalue weighted by Gasteiger charge is -2.31. The smallest absolute Gasteiger partial charge is 0.205 e. The Bertz CT molecular complexity index is 315. The van der Waals surface area contributed by atoms with Crippen molar-refractivity contribution in [1.82, 2.24) is 9.36 Å². The maximum Gasteiger partial charge on any atom is 0.205 e. The van der Waals surface area contributed by atoms with Gasteiger partial charge in [-0.2, -0.15) is 4.37 Å². The van der Waals surface area contributed by atoms with Crippen LogP contribution in [0, 0.1) is 5.92 Å². The fraction of sp³-hybridized carbons (Fsp3) is 0.800. The molecule has 84 valence electrons. The van der Waals surface area contributed by atoms with Crippen molar-refractivity contribution >= 4 is 16.7 Å². The summed E-state index contributed by atoms with van der Waals surface area (Å²) in [4.78, 5) is 6.72. The molecule has 1 aliphatic rings. The van der Waals surface area contributed by atoms with Crippen LogP contribution in [0.15, 0.2) is 0 Å². The first-order chi connectivity index (χ1) is 7.33. The molecule has 1 fully saturated rings. The van der Waals surface area contributed by atoms with Crippen LogP contribution in [0.5, 0.6) is 0 Å². The van der Waals surface area contributed by atoms with E-state index in [2.05, 4.69) is 21.2 Å². The van der Waals surface area contributed by atoms with Crippen molar-refractivity contribution in [3.05, 3.63) is 5.82 Å². The minimum absolute atomic E-state index is 0.288. The van der Waals surface area contributed by atoms with E-state index < -0.39 is 0 Å². The molecule has 0 aromatic carbocycles. The third kappa shape index (κ3) is 2.46. The number of nitrogens with zero attached hydrogens (tertiary/aromatic N) is 3. The van der Waals surface area contributed by atoms with Gasteiger partial charge in [-0.15, -0.1) is 0 Å². The Kier molecular flexibility index (Phi) is 3.53. The Labute approximate surface area is 94.1 Å². The van der Waals surface area contributed by atoms with E-state index in [0.29, 0.717) is 5.92 Å². The van der Waals surface area contributed by atoms with E-state index in [1.165, 1.54) is 11.5 Å². The van der Waals surface area contributed by atoms with E-state index in [4.69, 9.17) is 5.11 Å². The average Bonchev–Trinajstić information content (AvgIpc) is 2.78. The molecule has 1 saturated heterocycles. The van der Waals surface area contributed by atoms with E-state index >= 15 is 0 Å². The standard InChI is InChI=1S/C10H17N3OS/c1-2-9-11-10(15-12-9)13-5-3-4-8(6-13)7-14/h8,14H,2-7H2,1H3/t8-/m0/s1. The Morgan fingerprint density at radius 2 is 2.47 bits per heavy atom. The molecule has 0 aliphatic carbocycles. The van der Waals surface area contributed by atoms with Gasteiger partial charge in [0.05, 0.1) is 0 Å². The average molecular weight is 227 g/mol. The molecular formula is C10H17N3OS. The van der Waals surface area contributed by atoms with Crippen molar-refractivity contribution < 1.29 is 5.11 Å². The summed E-state index contributed by atoms with van der Waals surface area (Å²) in [7, 11) is 0. The largest absolute Gasteiger partial charge is 0.396 e. The SMILES string of the molecule is CCc1nsc(N2CCC[C@H](CO)C2)n1. The van der Waals surface area contributed by atoms with Crippen LogP contribution >= 0.6 is 11.5 Å². The summed E-state index contributed by atoms with van der Waals surface area (Å²) in [5, 5.41) is 10.2. The maximum atomic E-state index is 9.15. The molecule has 0 unspecified atom stereocenters. The normalized spacial score (nSPS) is 22.0. The fourth-order valence-electron chi connectivity index (χ4n) is 1.90. The maximum absolute atomic E-state index is 9.15. The number of aliphatic hydroxyl groups is 1. The molecule has 1 N–H and O–H groups in total. The van der Waals surface area contributed by atoms with Crippen LogP contribution in [-0.2, 0) is 6.42 Å². The van der Waals surface area contributed by atoms with E-state index in [1.54, 1.807) is 0 Å². The van der Waals surface area contributed by atoms with Gasteiger partial charge >= 0.3 is 0 Å². The molecule has 2 rings (SSSR count). The summed E-state index contributed by atoms with van der Waals surface area (Å²) in [5.74, 6) is 1.34. The highest BCUT2D eigenvalue weighted by molar-refractivity contribution is 7.09. The van der Waals surface area contributed by atoms with Crippen molar-refractivity contribution in [3.8, 4) is 0 Å². The van der Waals surface area contributed by atoms with Crippen molar-refractivity contribution in [1.29, 1.82) is 0 Å². The molecule has 15 heavy (non-hydrogen) atoms. The zero-order valence-electron chi connectivity index (χ0n) is 9.02. The third-order valence-corrected chi connectivity index (χ3v) is 3.64. The quantitative estimate of drug-likeness (QED) is 0.846. The molecular weight excluding hydrogens is 210 g/mol. The van der Waals surface area contributed by atoms with Gasteiger partial charge in [-0.1, -0.05) is 6.92 Å². The number of hydrogen-bond acceptors (Lipinski definition) is 5. The van der Waals surface area contributed by atoms with Gasteiger partial charge < -0.3 is 10.0 Å². The zero-order chi connectivity index (χ0) is 10.7. The molecule has 0 spiro atoms. The first-order valence-electron chi connectivity index (χ1n) is 5.52. The fourth-order valence-corrected chi connectivity index (χ4v) is 2.69. The van der Waals surface area contributed by atoms with Crippen LogP contribution in [-0.4, -0.2) is 34.2 Å². The summed E-state index contributed by atoms with van der Waals surface area (Å²) < 4.78 is 4.29. The number of hydrogen-bond donors (Lipinski definition) is 1. The van der Waals surface area contributed by atoms with Crippen molar-refractivity contribution in [2.24, 2.45) is 5.92 Å². The first kappa shape index (κ1) is 10.8. The van der Waals surface area contributed by atoms with Crippen molar-refractivity contribution in [2.75, 3.05) is 24.6 Å². The zero-order valence-corrected chi connectivity index (χ0v) is 9.83. The molecule has 0 amide bonds. The molecule has 1 aliphatic heterocycles. The predicted octanol–water partition coefficient (Wildman–Crippen LogP) is 1.31. The number of piperidine rings is 1. The molecule has 1 aromatic rings. The summed E-state index contributed by atoms with van der Waals surface area (Å²) in [6.45, 7) is 4.33. The summed E-state index contributed by atoms with van der Waals surface area (Å²) >= 11 is 1.48. The molecule has 0 radical (unpaired) electrons. The van der Waals surface area contributed by atoms with Gasteiger partial charge in [-0.25, -0.2) is 4.98 Å². The second-order valence-electron chi connectivity index (χ2n) is 3.98. The monoisotopic (exact) mass is 227 g/mol. The van der Waals surface area contributed by atoms with Crippen LogP contribution in [0.3, 0.4) is 0 Å². The lowest BCUT2D eigenvalue weighted by molar-refractivity contribution is 0.208. The van der Waals surface area contributed by atoms with Crippen molar-refractivity contribution in [3.63, 3.8) is 0 Å². The third-order valence-electron chi connectivity index (χ3n) is 2.82. The highest BCUT2D eigenvalue weighted by Gasteiger charge is 2.21. The Morgan fingerprint density at radius 1 is 1.60 bits per heavy atom. The molecule has 1 atom stereocenters. The topological polar surface area (TPSA) is 49.2 Å². The van der Waals surface area contributed by atoms with Gasteiger partial charge in [0.15, 0.2) is 0 Å². The minimum Gasteiger partial charge on any atom is -0.396 e. The first-order valence-corrected chi connectivity index (χ1v) is 6.29. The van der Waals surface area contributed by atoms with E-state index in [9.17, 15) is 0 Å². The van der Waals surface area contributed by atoms with E-state index in [1.807, 2.05) is 0 Å². The predicted molar refractivity (Wildman–Crippen MR) is 61.3 cm³/mol. The summed E-state index contributed by atoms with van der Waals surface area (Å²) in [6.07, 6.45) is 3.17. The molecule has 1 aromatic heterocycles. The van der Waals surface area contributed by atoms with E-state index in [0.717, 1.165) is 43.3 Å². The van der Waals surface area contributed by atoms with Crippen LogP contribution in [0.4, 0.5) is 5.13 Å². The second-order valence-corrected chi connectivity index (χ2v) is 4.71. The summed E-state index contributed by atoms with van der Waals surface area (Å²) in [6, 6.07) is 0. The highest BCUT2D eigenvalue weighted by Crippen LogP contribution is 2.24. The number of anilines is 1. The number of rotatable bonds is 3. The van der Waals surface area contributed by atoms with Crippen LogP contribution in [0.1, 0.15) is 25.6 Å². The number of aliphatic hydroxyl groups excluding tert-OH is 1. The van der Waals surface area contributed by atoms with Gasteiger partial charge in [0.2, 0.25) is 5.13 Å². The molecule has 0 saturated carbocycles. The van der Waals surface area contributed by atoms with Gasteiger partial charge in [0.1, 0.15) is 5.82 Å². The Hall–Kier alpha value is -0.680. The molecule has 2 heterocycles. The van der Waals surface area contributed by atoms with Gasteiger partial charge in [0.25, 0.3) is 0 Å². The summed E-state index contributed by atoms with van der Waals surface area (Å²) in [5.41, 5.74) is 0. The number of aryl methyl sites for hydroxylation is 1. The second kappa shape index (κ2) is 4.90. The van der Waals surface area contributed by atoms with Gasteiger partial charge in [-0.05, 0) is 18.8 Å². The van der Waals surface area contributed by atoms with Gasteiger partial charge in [0, 0.05) is 37.6 Å². The lowest BCUT2D eigenvalue weighted by atomic mass is 10.00. The van der Waals surface area contributed by atoms with Crippen molar-refractivity contribution in [2.45, 2.75) is 26.2 Å². The van der Waals surface area contributed by atoms with Crippen LogP contribution in [0.25, 0.3) is 0 Å². The molecule has 4 nitrogen and oxygen atoms in total. The minimum atomic E-state index is 0.288. The van der Waals surface area contributed by atoms with Crippen LogP contribution < -0.4 is 4.90 Å². The van der Waals surface area contributed by atoms with Gasteiger partial charge in [-0.3, -0.25) is 0 Å². The van der Waals surface area contributed by atoms with Crippen LogP contribution in [0.2, 0.25) is 0 Å². The molecule has 0 bridgehead atoms. The lowest BCUT2D eigenvalue weighted by Crippen LogP contribution is -2.36.